The molecule has 14 heavy (non-hydrogen) atoms. The van der Waals surface area contributed by atoms with Crippen molar-refractivity contribution in [3.63, 3.8) is 0 Å². The number of hydrogen-bond donors (Lipinski definition) is 1. The van der Waals surface area contributed by atoms with Crippen LogP contribution in [-0.4, -0.2) is 16.5 Å². The Morgan fingerprint density at radius 3 is 3.14 bits per heavy atom. The fourth-order valence-corrected chi connectivity index (χ4v) is 0.956. The van der Waals surface area contributed by atoms with Crippen LogP contribution in [0.1, 0.15) is 5.56 Å². The molecule has 0 aliphatic heterocycles. The predicted molar refractivity (Wildman–Crippen MR) is 54.5 cm³/mol. The van der Waals surface area contributed by atoms with Gasteiger partial charge in [-0.15, -0.1) is 0 Å². The Hall–Kier alpha value is -1.78. The van der Waals surface area contributed by atoms with Gasteiger partial charge in [0.05, 0.1) is 0 Å². The van der Waals surface area contributed by atoms with E-state index < -0.39 is 0 Å². The van der Waals surface area contributed by atoms with Gasteiger partial charge in [-0.1, -0.05) is 28.9 Å². The van der Waals surface area contributed by atoms with E-state index in [0.717, 1.165) is 0 Å². The highest BCUT2D eigenvalue weighted by atomic mass is 35.5. The summed E-state index contributed by atoms with van der Waals surface area (Å²) in [5.41, 5.74) is 14.0. The third-order valence-corrected chi connectivity index (χ3v) is 1.64. The molecule has 0 bridgehead atoms. The maximum absolute atomic E-state index is 8.01. The maximum atomic E-state index is 8.01. The van der Waals surface area contributed by atoms with Gasteiger partial charge in [0.2, 0.25) is 5.95 Å². The number of nitrogens with zero attached hydrogens (tertiary/aromatic N) is 5. The van der Waals surface area contributed by atoms with Gasteiger partial charge in [-0.2, -0.15) is 0 Å². The minimum absolute atomic E-state index is 0.127. The minimum atomic E-state index is 0.127. The number of azide groups is 1. The average Bonchev–Trinajstić information content (AvgIpc) is 2.15. The molecule has 1 rings (SSSR count). The average molecular weight is 211 g/mol. The number of nitrogens with two attached hydrogens (primary N) is 1. The molecule has 0 saturated carbocycles. The maximum Gasteiger partial charge on any atom is 0.221 e. The summed E-state index contributed by atoms with van der Waals surface area (Å²) in [6.45, 7) is 0.261. The minimum Gasteiger partial charge on any atom is -0.368 e. The molecule has 0 fully saturated rings. The molecule has 2 N–H and O–H groups in total. The van der Waals surface area contributed by atoms with E-state index in [4.69, 9.17) is 22.9 Å². The van der Waals surface area contributed by atoms with Crippen LogP contribution in [0, 0.1) is 0 Å². The van der Waals surface area contributed by atoms with E-state index in [2.05, 4.69) is 20.0 Å². The van der Waals surface area contributed by atoms with Crippen molar-refractivity contribution in [1.29, 1.82) is 0 Å². The molecule has 0 aliphatic rings. The fourth-order valence-electron chi connectivity index (χ4n) is 0.758. The number of aromatic nitrogens is 2. The number of rotatable bonds is 3. The van der Waals surface area contributed by atoms with Crippen LogP contribution in [0.2, 0.25) is 5.15 Å². The Morgan fingerprint density at radius 1 is 1.71 bits per heavy atom. The summed E-state index contributed by atoms with van der Waals surface area (Å²) < 4.78 is 0. The molecule has 0 unspecified atom stereocenters. The molecule has 72 valence electrons. The van der Waals surface area contributed by atoms with Crippen LogP contribution < -0.4 is 5.73 Å². The Balaban J connectivity index is 2.76. The quantitative estimate of drug-likeness (QED) is 0.357. The summed E-state index contributed by atoms with van der Waals surface area (Å²) in [5, 5.41) is 3.59. The molecule has 0 amide bonds. The third kappa shape index (κ3) is 2.93. The molecule has 1 aromatic rings. The van der Waals surface area contributed by atoms with Gasteiger partial charge in [-0.05, 0) is 5.53 Å². The smallest absolute Gasteiger partial charge is 0.221 e. The van der Waals surface area contributed by atoms with Gasteiger partial charge < -0.3 is 5.73 Å². The highest BCUT2D eigenvalue weighted by Crippen LogP contribution is 2.13. The van der Waals surface area contributed by atoms with Gasteiger partial charge in [0.15, 0.2) is 0 Å². The molecular formula is C7H7ClN6. The molecule has 0 aliphatic carbocycles. The summed E-state index contributed by atoms with van der Waals surface area (Å²) in [4.78, 5) is 10.1. The second-order valence-electron chi connectivity index (χ2n) is 2.29. The van der Waals surface area contributed by atoms with Crippen molar-refractivity contribution in [3.8, 4) is 0 Å². The van der Waals surface area contributed by atoms with Crippen LogP contribution in [-0.2, 0) is 0 Å². The molecule has 0 aromatic carbocycles. The number of anilines is 1. The summed E-state index contributed by atoms with van der Waals surface area (Å²) in [6, 6.07) is 0. The van der Waals surface area contributed by atoms with E-state index in [1.54, 1.807) is 12.2 Å². The van der Waals surface area contributed by atoms with Gasteiger partial charge >= 0.3 is 0 Å². The molecule has 6 nitrogen and oxygen atoms in total. The molecule has 0 radical (unpaired) electrons. The summed E-state index contributed by atoms with van der Waals surface area (Å²) >= 11 is 5.76. The van der Waals surface area contributed by atoms with E-state index in [0.29, 0.717) is 5.56 Å². The third-order valence-electron chi connectivity index (χ3n) is 1.33. The summed E-state index contributed by atoms with van der Waals surface area (Å²) in [6.07, 6.45) is 4.81. The van der Waals surface area contributed by atoms with E-state index in [1.165, 1.54) is 6.20 Å². The Kier molecular flexibility index (Phi) is 3.72. The van der Waals surface area contributed by atoms with Crippen molar-refractivity contribution < 1.29 is 0 Å². The van der Waals surface area contributed by atoms with Gasteiger partial charge in [-0.3, -0.25) is 0 Å². The summed E-state index contributed by atoms with van der Waals surface area (Å²) in [7, 11) is 0. The van der Waals surface area contributed by atoms with Gasteiger partial charge in [0.1, 0.15) is 5.15 Å². The lowest BCUT2D eigenvalue weighted by molar-refractivity contribution is 1.17. The van der Waals surface area contributed by atoms with Crippen LogP contribution in [0.4, 0.5) is 5.95 Å². The van der Waals surface area contributed by atoms with Crippen LogP contribution in [0.25, 0.3) is 16.5 Å². The standard InChI is InChI=1S/C7H7ClN6/c8-6-5(2-1-3-12-14-10)4-11-7(9)13-6/h1-2,4H,3H2,(H2,9,11,13). The normalized spacial score (nSPS) is 10.1. The van der Waals surface area contributed by atoms with Crippen molar-refractivity contribution >= 4 is 23.6 Å². The number of hydrogen-bond acceptors (Lipinski definition) is 4. The lowest BCUT2D eigenvalue weighted by Gasteiger charge is -1.96. The lowest BCUT2D eigenvalue weighted by Crippen LogP contribution is -1.95. The topological polar surface area (TPSA) is 101 Å². The van der Waals surface area contributed by atoms with Gasteiger partial charge in [0, 0.05) is 23.2 Å². The van der Waals surface area contributed by atoms with Crippen molar-refractivity contribution in [2.75, 3.05) is 12.3 Å². The van der Waals surface area contributed by atoms with Crippen LogP contribution in [0.3, 0.4) is 0 Å². The van der Waals surface area contributed by atoms with Crippen molar-refractivity contribution in [2.45, 2.75) is 0 Å². The monoisotopic (exact) mass is 210 g/mol. The second-order valence-corrected chi connectivity index (χ2v) is 2.65. The molecule has 0 atom stereocenters. The first-order valence-corrected chi connectivity index (χ1v) is 4.07. The zero-order valence-corrected chi connectivity index (χ0v) is 7.89. The molecule has 1 aromatic heterocycles. The van der Waals surface area contributed by atoms with E-state index in [1.807, 2.05) is 0 Å². The molecule has 0 spiro atoms. The Bertz CT molecular complexity index is 395. The van der Waals surface area contributed by atoms with E-state index >= 15 is 0 Å². The molecule has 7 heteroatoms. The Labute approximate surface area is 85.1 Å². The van der Waals surface area contributed by atoms with Crippen molar-refractivity contribution in [2.24, 2.45) is 5.11 Å². The van der Waals surface area contributed by atoms with Crippen LogP contribution in [0.15, 0.2) is 17.4 Å². The predicted octanol–water partition coefficient (Wildman–Crippen LogP) is 2.04. The number of halogens is 1. The SMILES string of the molecule is [N-]=[N+]=NCC=Cc1cnc(N)nc1Cl. The first kappa shape index (κ1) is 10.3. The van der Waals surface area contributed by atoms with E-state index in [9.17, 15) is 0 Å². The van der Waals surface area contributed by atoms with Crippen LogP contribution >= 0.6 is 11.6 Å². The zero-order chi connectivity index (χ0) is 10.4. The summed E-state index contributed by atoms with van der Waals surface area (Å²) in [5.74, 6) is 0.127. The second kappa shape index (κ2) is 5.06. The van der Waals surface area contributed by atoms with E-state index in [-0.39, 0.29) is 17.6 Å². The number of nitrogen functional groups attached to an aromatic ring is 1. The highest BCUT2D eigenvalue weighted by Gasteiger charge is 1.98. The fraction of sp³-hybridized carbons (Fsp3) is 0.143. The zero-order valence-electron chi connectivity index (χ0n) is 7.13. The molecule has 1 heterocycles. The van der Waals surface area contributed by atoms with Gasteiger partial charge in [0.25, 0.3) is 0 Å². The lowest BCUT2D eigenvalue weighted by atomic mass is 10.3. The first-order chi connectivity index (χ1) is 6.74. The largest absolute Gasteiger partial charge is 0.368 e. The Morgan fingerprint density at radius 2 is 2.50 bits per heavy atom. The van der Waals surface area contributed by atoms with Gasteiger partial charge in [-0.25, -0.2) is 9.97 Å². The molecule has 0 saturated heterocycles. The van der Waals surface area contributed by atoms with Crippen molar-refractivity contribution in [3.05, 3.63) is 33.4 Å². The first-order valence-electron chi connectivity index (χ1n) is 3.69. The highest BCUT2D eigenvalue weighted by molar-refractivity contribution is 6.30. The van der Waals surface area contributed by atoms with Crippen LogP contribution in [0.5, 0.6) is 0 Å². The van der Waals surface area contributed by atoms with Crippen molar-refractivity contribution in [1.82, 2.24) is 9.97 Å². The molecular weight excluding hydrogens is 204 g/mol.